The Kier molecular flexibility index (Phi) is 5.11. The number of aliphatic hydroxyl groups is 1. The normalized spacial score (nSPS) is 12.4. The van der Waals surface area contributed by atoms with Crippen molar-refractivity contribution >= 4 is 5.91 Å². The molecule has 0 bridgehead atoms. The lowest BCUT2D eigenvalue weighted by molar-refractivity contribution is 0.0895. The third-order valence-corrected chi connectivity index (χ3v) is 3.00. The summed E-state index contributed by atoms with van der Waals surface area (Å²) in [4.78, 5) is 16.1. The average Bonchev–Trinajstić information content (AvgIpc) is 2.95. The summed E-state index contributed by atoms with van der Waals surface area (Å²) in [7, 11) is 0. The summed E-state index contributed by atoms with van der Waals surface area (Å²) in [5.41, 5.74) is 1.03. The van der Waals surface area contributed by atoms with E-state index in [-0.39, 0.29) is 18.1 Å². The Balaban J connectivity index is 1.93. The quantitative estimate of drug-likeness (QED) is 0.856. The maximum absolute atomic E-state index is 11.9. The number of hydrogen-bond donors (Lipinski definition) is 2. The first-order chi connectivity index (χ1) is 10.1. The Morgan fingerprint density at radius 2 is 2.05 bits per heavy atom. The smallest absolute Gasteiger partial charge is 0.273 e. The molecule has 2 rings (SSSR count). The zero-order chi connectivity index (χ0) is 15.2. The molecule has 112 valence electrons. The van der Waals surface area contributed by atoms with Gasteiger partial charge in [-0.2, -0.15) is 0 Å². The number of aliphatic hydroxyl groups excluding tert-OH is 1. The van der Waals surface area contributed by atoms with E-state index in [1.165, 1.54) is 6.26 Å². The molecule has 1 aromatic carbocycles. The molecule has 0 radical (unpaired) electrons. The molecule has 0 spiro atoms. The van der Waals surface area contributed by atoms with Gasteiger partial charge in [0.2, 0.25) is 5.89 Å². The fraction of sp³-hybridized carbons (Fsp3) is 0.375. The van der Waals surface area contributed by atoms with Crippen LogP contribution in [0.15, 0.2) is 41.0 Å². The largest absolute Gasteiger partial charge is 0.444 e. The Bertz CT molecular complexity index is 578. The Hall–Kier alpha value is -2.14. The minimum Gasteiger partial charge on any atom is -0.444 e. The molecule has 21 heavy (non-hydrogen) atoms. The van der Waals surface area contributed by atoms with Crippen molar-refractivity contribution < 1.29 is 14.3 Å². The van der Waals surface area contributed by atoms with E-state index in [0.29, 0.717) is 18.2 Å². The van der Waals surface area contributed by atoms with Gasteiger partial charge in [0.1, 0.15) is 6.26 Å². The molecular formula is C16H20N2O3. The fourth-order valence-electron chi connectivity index (χ4n) is 2.02. The van der Waals surface area contributed by atoms with Crippen molar-refractivity contribution in [2.45, 2.75) is 26.4 Å². The number of aromatic nitrogens is 1. The second kappa shape index (κ2) is 7.04. The van der Waals surface area contributed by atoms with Crippen molar-refractivity contribution in [3.05, 3.63) is 42.3 Å². The van der Waals surface area contributed by atoms with Crippen molar-refractivity contribution in [1.29, 1.82) is 0 Å². The van der Waals surface area contributed by atoms with Gasteiger partial charge in [0, 0.05) is 12.1 Å². The number of oxazole rings is 1. The molecule has 1 heterocycles. The maximum Gasteiger partial charge on any atom is 0.273 e. The van der Waals surface area contributed by atoms with Gasteiger partial charge in [-0.15, -0.1) is 0 Å². The van der Waals surface area contributed by atoms with E-state index < -0.39 is 6.10 Å². The highest BCUT2D eigenvalue weighted by Gasteiger charge is 2.15. The van der Waals surface area contributed by atoms with Gasteiger partial charge in [-0.1, -0.05) is 32.0 Å². The van der Waals surface area contributed by atoms with Crippen LogP contribution in [0, 0.1) is 5.92 Å². The van der Waals surface area contributed by atoms with Gasteiger partial charge in [-0.05, 0) is 24.5 Å². The summed E-state index contributed by atoms with van der Waals surface area (Å²) < 4.78 is 5.31. The number of rotatable bonds is 6. The van der Waals surface area contributed by atoms with Gasteiger partial charge in [0.25, 0.3) is 5.91 Å². The van der Waals surface area contributed by atoms with E-state index in [1.807, 2.05) is 44.2 Å². The highest BCUT2D eigenvalue weighted by atomic mass is 16.3. The van der Waals surface area contributed by atoms with Crippen LogP contribution in [-0.2, 0) is 0 Å². The zero-order valence-electron chi connectivity index (χ0n) is 12.2. The maximum atomic E-state index is 11.9. The predicted octanol–water partition coefficient (Wildman–Crippen LogP) is 2.48. The lowest BCUT2D eigenvalue weighted by Crippen LogP contribution is -2.32. The van der Waals surface area contributed by atoms with Crippen LogP contribution in [0.2, 0.25) is 0 Å². The number of carbonyl (C=O) groups is 1. The van der Waals surface area contributed by atoms with Crippen LogP contribution >= 0.6 is 0 Å². The van der Waals surface area contributed by atoms with Gasteiger partial charge >= 0.3 is 0 Å². The molecule has 1 unspecified atom stereocenters. The van der Waals surface area contributed by atoms with Gasteiger partial charge in [-0.25, -0.2) is 4.98 Å². The van der Waals surface area contributed by atoms with Crippen LogP contribution in [0.1, 0.15) is 30.8 Å². The lowest BCUT2D eigenvalue weighted by atomic mass is 10.1. The Labute approximate surface area is 124 Å². The molecule has 1 aromatic heterocycles. The fourth-order valence-corrected chi connectivity index (χ4v) is 2.02. The molecule has 2 aromatic rings. The lowest BCUT2D eigenvalue weighted by Gasteiger charge is -2.12. The third kappa shape index (κ3) is 4.43. The first-order valence-corrected chi connectivity index (χ1v) is 7.03. The molecule has 0 saturated heterocycles. The molecule has 0 fully saturated rings. The van der Waals surface area contributed by atoms with Gasteiger partial charge in [-0.3, -0.25) is 4.79 Å². The van der Waals surface area contributed by atoms with Crippen molar-refractivity contribution in [2.75, 3.05) is 6.54 Å². The summed E-state index contributed by atoms with van der Waals surface area (Å²) in [6.07, 6.45) is 1.43. The minimum absolute atomic E-state index is 0.213. The molecule has 5 heteroatoms. The molecule has 0 saturated carbocycles. The molecule has 0 aliphatic rings. The minimum atomic E-state index is -0.547. The second-order valence-corrected chi connectivity index (χ2v) is 5.40. The van der Waals surface area contributed by atoms with Gasteiger partial charge < -0.3 is 14.8 Å². The number of amides is 1. The number of nitrogens with one attached hydrogen (secondary N) is 1. The number of hydrogen-bond acceptors (Lipinski definition) is 4. The first-order valence-electron chi connectivity index (χ1n) is 7.03. The van der Waals surface area contributed by atoms with Crippen LogP contribution in [0.3, 0.4) is 0 Å². The topological polar surface area (TPSA) is 75.4 Å². The summed E-state index contributed by atoms with van der Waals surface area (Å²) >= 11 is 0. The highest BCUT2D eigenvalue weighted by Crippen LogP contribution is 2.17. The summed E-state index contributed by atoms with van der Waals surface area (Å²) in [6.45, 7) is 4.26. The molecular weight excluding hydrogens is 268 g/mol. The molecule has 1 atom stereocenters. The van der Waals surface area contributed by atoms with Crippen molar-refractivity contribution in [1.82, 2.24) is 10.3 Å². The molecule has 0 aliphatic carbocycles. The highest BCUT2D eigenvalue weighted by molar-refractivity contribution is 5.92. The third-order valence-electron chi connectivity index (χ3n) is 3.00. The first kappa shape index (κ1) is 15.3. The second-order valence-electron chi connectivity index (χ2n) is 5.40. The molecule has 0 aliphatic heterocycles. The van der Waals surface area contributed by atoms with Crippen molar-refractivity contribution in [3.63, 3.8) is 0 Å². The van der Waals surface area contributed by atoms with Gasteiger partial charge in [0.15, 0.2) is 5.69 Å². The number of benzene rings is 1. The van der Waals surface area contributed by atoms with Crippen LogP contribution < -0.4 is 5.32 Å². The van der Waals surface area contributed by atoms with Crippen molar-refractivity contribution in [3.8, 4) is 11.5 Å². The molecule has 1 amide bonds. The van der Waals surface area contributed by atoms with E-state index in [2.05, 4.69) is 10.3 Å². The van der Waals surface area contributed by atoms with E-state index in [1.54, 1.807) is 0 Å². The van der Waals surface area contributed by atoms with E-state index >= 15 is 0 Å². The van der Waals surface area contributed by atoms with Crippen LogP contribution in [0.4, 0.5) is 0 Å². The predicted molar refractivity (Wildman–Crippen MR) is 79.7 cm³/mol. The Morgan fingerprint density at radius 1 is 1.33 bits per heavy atom. The summed E-state index contributed by atoms with van der Waals surface area (Å²) in [5.74, 6) is 0.445. The summed E-state index contributed by atoms with van der Waals surface area (Å²) in [5, 5.41) is 12.4. The van der Waals surface area contributed by atoms with Crippen LogP contribution in [0.25, 0.3) is 11.5 Å². The van der Waals surface area contributed by atoms with Gasteiger partial charge in [0.05, 0.1) is 6.10 Å². The summed E-state index contributed by atoms with van der Waals surface area (Å²) in [6, 6.07) is 9.37. The van der Waals surface area contributed by atoms with E-state index in [0.717, 1.165) is 5.56 Å². The SMILES string of the molecule is CC(C)CC(O)CNC(=O)c1coc(-c2ccccc2)n1. The monoisotopic (exact) mass is 288 g/mol. The molecule has 5 nitrogen and oxygen atoms in total. The average molecular weight is 288 g/mol. The number of carbonyl (C=O) groups excluding carboxylic acids is 1. The Morgan fingerprint density at radius 3 is 2.71 bits per heavy atom. The standard InChI is InChI=1S/C16H20N2O3/c1-11(2)8-13(19)9-17-15(20)14-10-21-16(18-14)12-6-4-3-5-7-12/h3-7,10-11,13,19H,8-9H2,1-2H3,(H,17,20). The zero-order valence-corrected chi connectivity index (χ0v) is 12.2. The van der Waals surface area contributed by atoms with Crippen LogP contribution in [-0.4, -0.2) is 28.6 Å². The van der Waals surface area contributed by atoms with E-state index in [9.17, 15) is 9.90 Å². The van der Waals surface area contributed by atoms with Crippen LogP contribution in [0.5, 0.6) is 0 Å². The van der Waals surface area contributed by atoms with E-state index in [4.69, 9.17) is 4.42 Å². The molecule has 2 N–H and O–H groups in total. The van der Waals surface area contributed by atoms with Crippen molar-refractivity contribution in [2.24, 2.45) is 5.92 Å². The number of nitrogens with zero attached hydrogens (tertiary/aromatic N) is 1.